The van der Waals surface area contributed by atoms with Crippen LogP contribution in [0.25, 0.3) is 0 Å². The molecule has 4 heteroatoms. The van der Waals surface area contributed by atoms with Crippen LogP contribution in [-0.2, 0) is 4.74 Å². The Balaban J connectivity index is 2.13. The summed E-state index contributed by atoms with van der Waals surface area (Å²) >= 11 is 0. The highest BCUT2D eigenvalue weighted by molar-refractivity contribution is 4.73. The molecule has 0 aromatic carbocycles. The van der Waals surface area contributed by atoms with E-state index in [1.165, 1.54) is 0 Å². The number of likely N-dealkylation sites (N-methyl/N-ethyl adjacent to an activating group) is 1. The summed E-state index contributed by atoms with van der Waals surface area (Å²) in [5.41, 5.74) is 0. The first-order valence-electron chi connectivity index (χ1n) is 5.79. The lowest BCUT2D eigenvalue weighted by atomic mass is 10.1. The zero-order valence-corrected chi connectivity index (χ0v) is 10.1. The maximum atomic E-state index is 9.22. The summed E-state index contributed by atoms with van der Waals surface area (Å²) in [4.78, 5) is 2.29. The highest BCUT2D eigenvalue weighted by Crippen LogP contribution is 2.03. The molecule has 0 amide bonds. The van der Waals surface area contributed by atoms with Gasteiger partial charge in [0.2, 0.25) is 0 Å². The van der Waals surface area contributed by atoms with Crippen LogP contribution in [0.15, 0.2) is 0 Å². The molecule has 0 aromatic rings. The molecule has 3 unspecified atom stereocenters. The van der Waals surface area contributed by atoms with Gasteiger partial charge in [-0.05, 0) is 27.3 Å². The Morgan fingerprint density at radius 2 is 2.27 bits per heavy atom. The molecule has 0 spiro atoms. The van der Waals surface area contributed by atoms with Crippen molar-refractivity contribution in [2.75, 3.05) is 33.3 Å². The molecule has 90 valence electrons. The number of rotatable bonds is 5. The van der Waals surface area contributed by atoms with E-state index in [0.29, 0.717) is 12.1 Å². The molecular formula is C11H24N2O2. The van der Waals surface area contributed by atoms with E-state index in [0.717, 1.165) is 32.7 Å². The van der Waals surface area contributed by atoms with Crippen LogP contribution in [0.2, 0.25) is 0 Å². The molecule has 1 aliphatic heterocycles. The molecule has 3 atom stereocenters. The summed E-state index contributed by atoms with van der Waals surface area (Å²) in [6.07, 6.45) is 0.852. The molecule has 2 N–H and O–H groups in total. The average molecular weight is 216 g/mol. The molecule has 1 heterocycles. The van der Waals surface area contributed by atoms with Crippen molar-refractivity contribution >= 4 is 0 Å². The Kier molecular flexibility index (Phi) is 5.53. The van der Waals surface area contributed by atoms with Crippen LogP contribution in [0.5, 0.6) is 0 Å². The molecule has 0 radical (unpaired) electrons. The number of aliphatic hydroxyl groups is 1. The van der Waals surface area contributed by atoms with Crippen LogP contribution in [0.4, 0.5) is 0 Å². The van der Waals surface area contributed by atoms with Gasteiger partial charge >= 0.3 is 0 Å². The van der Waals surface area contributed by atoms with Gasteiger partial charge in [0.1, 0.15) is 0 Å². The number of ether oxygens (including phenoxy) is 1. The second-order valence-corrected chi connectivity index (χ2v) is 4.65. The number of hydrogen-bond donors (Lipinski definition) is 2. The summed E-state index contributed by atoms with van der Waals surface area (Å²) in [6.45, 7) is 7.64. The fraction of sp³-hybridized carbons (Fsp3) is 1.00. The third-order valence-corrected chi connectivity index (χ3v) is 2.73. The van der Waals surface area contributed by atoms with Gasteiger partial charge in [-0.15, -0.1) is 0 Å². The maximum absolute atomic E-state index is 9.22. The molecule has 15 heavy (non-hydrogen) atoms. The molecule has 1 aliphatic rings. The third-order valence-electron chi connectivity index (χ3n) is 2.73. The topological polar surface area (TPSA) is 44.7 Å². The van der Waals surface area contributed by atoms with E-state index in [-0.39, 0.29) is 6.10 Å². The van der Waals surface area contributed by atoms with E-state index < -0.39 is 0 Å². The second-order valence-electron chi connectivity index (χ2n) is 4.65. The Hall–Kier alpha value is -0.160. The molecular weight excluding hydrogens is 192 g/mol. The number of nitrogens with one attached hydrogen (secondary N) is 1. The summed E-state index contributed by atoms with van der Waals surface area (Å²) < 4.78 is 5.64. The van der Waals surface area contributed by atoms with Crippen LogP contribution in [0.3, 0.4) is 0 Å². The minimum atomic E-state index is -0.234. The van der Waals surface area contributed by atoms with Gasteiger partial charge in [-0.25, -0.2) is 0 Å². The van der Waals surface area contributed by atoms with E-state index in [1.54, 1.807) is 0 Å². The molecule has 0 aliphatic carbocycles. The summed E-state index contributed by atoms with van der Waals surface area (Å²) in [7, 11) is 2.12. The van der Waals surface area contributed by atoms with E-state index in [2.05, 4.69) is 24.2 Å². The van der Waals surface area contributed by atoms with E-state index in [1.807, 2.05) is 6.92 Å². The minimum Gasteiger partial charge on any atom is -0.393 e. The van der Waals surface area contributed by atoms with E-state index >= 15 is 0 Å². The van der Waals surface area contributed by atoms with Crippen molar-refractivity contribution in [3.63, 3.8) is 0 Å². The first-order chi connectivity index (χ1) is 7.08. The lowest BCUT2D eigenvalue weighted by Crippen LogP contribution is -2.46. The average Bonchev–Trinajstić information content (AvgIpc) is 2.14. The predicted octanol–water partition coefficient (Wildman–Crippen LogP) is 0.0660. The molecule has 4 nitrogen and oxygen atoms in total. The Bertz CT molecular complexity index is 176. The zero-order chi connectivity index (χ0) is 11.3. The van der Waals surface area contributed by atoms with Gasteiger partial charge in [-0.2, -0.15) is 0 Å². The monoisotopic (exact) mass is 216 g/mol. The van der Waals surface area contributed by atoms with Gasteiger partial charge in [0.25, 0.3) is 0 Å². The zero-order valence-electron chi connectivity index (χ0n) is 10.1. The van der Waals surface area contributed by atoms with E-state index in [9.17, 15) is 5.11 Å². The van der Waals surface area contributed by atoms with Crippen molar-refractivity contribution in [1.82, 2.24) is 10.2 Å². The van der Waals surface area contributed by atoms with Crippen molar-refractivity contribution < 1.29 is 9.84 Å². The molecule has 0 bridgehead atoms. The minimum absolute atomic E-state index is 0.234. The van der Waals surface area contributed by atoms with Gasteiger partial charge in [-0.3, -0.25) is 0 Å². The fourth-order valence-corrected chi connectivity index (χ4v) is 1.92. The van der Waals surface area contributed by atoms with Gasteiger partial charge < -0.3 is 20.1 Å². The van der Waals surface area contributed by atoms with Crippen molar-refractivity contribution in [1.29, 1.82) is 0 Å². The van der Waals surface area contributed by atoms with Crippen molar-refractivity contribution in [3.8, 4) is 0 Å². The summed E-state index contributed by atoms with van der Waals surface area (Å²) in [5.74, 6) is 0. The Labute approximate surface area is 92.6 Å². The first kappa shape index (κ1) is 12.9. The van der Waals surface area contributed by atoms with Gasteiger partial charge in [-0.1, -0.05) is 0 Å². The third kappa shape index (κ3) is 5.47. The van der Waals surface area contributed by atoms with Crippen LogP contribution in [-0.4, -0.2) is 61.5 Å². The number of morpholine rings is 1. The maximum Gasteiger partial charge on any atom is 0.0826 e. The van der Waals surface area contributed by atoms with Crippen molar-refractivity contribution in [3.05, 3.63) is 0 Å². The fourth-order valence-electron chi connectivity index (χ4n) is 1.92. The van der Waals surface area contributed by atoms with E-state index in [4.69, 9.17) is 4.74 Å². The van der Waals surface area contributed by atoms with Gasteiger partial charge in [0.15, 0.2) is 0 Å². The largest absolute Gasteiger partial charge is 0.393 e. The summed E-state index contributed by atoms with van der Waals surface area (Å²) in [6, 6.07) is 0.348. The number of nitrogens with zero attached hydrogens (tertiary/aromatic N) is 1. The van der Waals surface area contributed by atoms with Gasteiger partial charge in [0, 0.05) is 25.7 Å². The quantitative estimate of drug-likeness (QED) is 0.682. The van der Waals surface area contributed by atoms with Crippen molar-refractivity contribution in [2.45, 2.75) is 38.5 Å². The van der Waals surface area contributed by atoms with Crippen LogP contribution >= 0.6 is 0 Å². The van der Waals surface area contributed by atoms with Crippen LogP contribution < -0.4 is 5.32 Å². The highest BCUT2D eigenvalue weighted by atomic mass is 16.5. The molecule has 1 saturated heterocycles. The SMILES string of the molecule is CC(O)CC(C)NCC1CN(C)CCO1. The Morgan fingerprint density at radius 1 is 1.53 bits per heavy atom. The molecule has 1 fully saturated rings. The first-order valence-corrected chi connectivity index (χ1v) is 5.79. The molecule has 0 saturated carbocycles. The highest BCUT2D eigenvalue weighted by Gasteiger charge is 2.18. The number of aliphatic hydroxyl groups excluding tert-OH is 1. The molecule has 1 rings (SSSR count). The van der Waals surface area contributed by atoms with Crippen LogP contribution in [0, 0.1) is 0 Å². The summed E-state index contributed by atoms with van der Waals surface area (Å²) in [5, 5.41) is 12.6. The smallest absolute Gasteiger partial charge is 0.0826 e. The second kappa shape index (κ2) is 6.43. The van der Waals surface area contributed by atoms with Gasteiger partial charge in [0.05, 0.1) is 18.8 Å². The van der Waals surface area contributed by atoms with Crippen LogP contribution in [0.1, 0.15) is 20.3 Å². The predicted molar refractivity (Wildman–Crippen MR) is 61.0 cm³/mol. The lowest BCUT2D eigenvalue weighted by Gasteiger charge is -2.31. The Morgan fingerprint density at radius 3 is 2.87 bits per heavy atom. The lowest BCUT2D eigenvalue weighted by molar-refractivity contribution is -0.0196. The standard InChI is InChI=1S/C11H24N2O2/c1-9(6-10(2)14)12-7-11-8-13(3)4-5-15-11/h9-12,14H,4-8H2,1-3H3. The van der Waals surface area contributed by atoms with Crippen molar-refractivity contribution in [2.24, 2.45) is 0 Å². The molecule has 0 aromatic heterocycles. The normalized spacial score (nSPS) is 27.6. The number of hydrogen-bond acceptors (Lipinski definition) is 4.